The Morgan fingerprint density at radius 1 is 1.11 bits per heavy atom. The third-order valence-electron chi connectivity index (χ3n) is 5.07. The SMILES string of the molecule is Cc1cc(C)cc(NC(=S)N(CCN2CCCCCC2)Cc2ccco2)c1. The molecule has 0 unspecified atom stereocenters. The highest BCUT2D eigenvalue weighted by Gasteiger charge is 2.15. The number of anilines is 1. The van der Waals surface area contributed by atoms with Gasteiger partial charge >= 0.3 is 0 Å². The molecule has 0 aliphatic carbocycles. The third kappa shape index (κ3) is 6.36. The highest BCUT2D eigenvalue weighted by molar-refractivity contribution is 7.80. The summed E-state index contributed by atoms with van der Waals surface area (Å²) in [7, 11) is 0. The second-order valence-electron chi connectivity index (χ2n) is 7.56. The van der Waals surface area contributed by atoms with Crippen molar-refractivity contribution in [1.82, 2.24) is 9.80 Å². The predicted octanol–water partition coefficient (Wildman–Crippen LogP) is 4.97. The Bertz CT molecular complexity index is 701. The Morgan fingerprint density at radius 2 is 1.81 bits per heavy atom. The molecule has 1 fully saturated rings. The second kappa shape index (κ2) is 9.90. The summed E-state index contributed by atoms with van der Waals surface area (Å²) in [6, 6.07) is 10.4. The Labute approximate surface area is 168 Å². The molecule has 0 spiro atoms. The molecular weight excluding hydrogens is 354 g/mol. The molecule has 27 heavy (non-hydrogen) atoms. The molecule has 1 aromatic carbocycles. The van der Waals surface area contributed by atoms with Gasteiger partial charge in [-0.25, -0.2) is 0 Å². The van der Waals surface area contributed by atoms with Gasteiger partial charge in [0.2, 0.25) is 0 Å². The van der Waals surface area contributed by atoms with E-state index in [4.69, 9.17) is 16.6 Å². The molecule has 146 valence electrons. The summed E-state index contributed by atoms with van der Waals surface area (Å²) in [5.74, 6) is 0.940. The summed E-state index contributed by atoms with van der Waals surface area (Å²) in [6.07, 6.45) is 7.06. The Kier molecular flexibility index (Phi) is 7.30. The van der Waals surface area contributed by atoms with Crippen molar-refractivity contribution in [1.29, 1.82) is 0 Å². The zero-order valence-corrected chi connectivity index (χ0v) is 17.4. The molecule has 0 bridgehead atoms. The van der Waals surface area contributed by atoms with Crippen LogP contribution in [0.1, 0.15) is 42.6 Å². The van der Waals surface area contributed by atoms with E-state index in [0.717, 1.165) is 29.6 Å². The van der Waals surface area contributed by atoms with Crippen LogP contribution in [0.25, 0.3) is 0 Å². The lowest BCUT2D eigenvalue weighted by molar-refractivity contribution is 0.247. The van der Waals surface area contributed by atoms with Crippen molar-refractivity contribution >= 4 is 23.0 Å². The number of hydrogen-bond donors (Lipinski definition) is 1. The van der Waals surface area contributed by atoms with E-state index < -0.39 is 0 Å². The summed E-state index contributed by atoms with van der Waals surface area (Å²) in [5.41, 5.74) is 3.53. The summed E-state index contributed by atoms with van der Waals surface area (Å²) < 4.78 is 5.57. The van der Waals surface area contributed by atoms with Crippen LogP contribution in [0, 0.1) is 13.8 Å². The van der Waals surface area contributed by atoms with Crippen molar-refractivity contribution in [2.45, 2.75) is 46.1 Å². The number of benzene rings is 1. The van der Waals surface area contributed by atoms with Crippen LogP contribution in [0.15, 0.2) is 41.0 Å². The van der Waals surface area contributed by atoms with E-state index in [9.17, 15) is 0 Å². The first-order valence-corrected chi connectivity index (χ1v) is 10.4. The van der Waals surface area contributed by atoms with E-state index in [-0.39, 0.29) is 0 Å². The standard InChI is InChI=1S/C22H31N3OS/c1-18-14-19(2)16-20(15-18)23-22(27)25(17-21-8-7-13-26-21)12-11-24-9-5-3-4-6-10-24/h7-8,13-16H,3-6,9-12,17H2,1-2H3,(H,23,27). The monoisotopic (exact) mass is 385 g/mol. The van der Waals surface area contributed by atoms with Gasteiger partial charge in [0.15, 0.2) is 5.11 Å². The average molecular weight is 386 g/mol. The van der Waals surface area contributed by atoms with Crippen LogP contribution in [-0.4, -0.2) is 41.1 Å². The fraction of sp³-hybridized carbons (Fsp3) is 0.500. The van der Waals surface area contributed by atoms with Gasteiger partial charge < -0.3 is 19.5 Å². The molecule has 0 radical (unpaired) electrons. The van der Waals surface area contributed by atoms with Crippen LogP contribution < -0.4 is 5.32 Å². The van der Waals surface area contributed by atoms with Crippen LogP contribution in [-0.2, 0) is 6.54 Å². The fourth-order valence-corrected chi connectivity index (χ4v) is 3.99. The van der Waals surface area contributed by atoms with Gasteiger partial charge in [0, 0.05) is 18.8 Å². The lowest BCUT2D eigenvalue weighted by atomic mass is 10.1. The van der Waals surface area contributed by atoms with E-state index in [1.165, 1.54) is 49.9 Å². The summed E-state index contributed by atoms with van der Waals surface area (Å²) in [4.78, 5) is 4.79. The van der Waals surface area contributed by atoms with Gasteiger partial charge in [0.05, 0.1) is 12.8 Å². The number of nitrogens with zero attached hydrogens (tertiary/aromatic N) is 2. The first kappa shape index (κ1) is 19.9. The fourth-order valence-electron chi connectivity index (χ4n) is 3.71. The molecule has 0 amide bonds. The molecule has 0 saturated carbocycles. The number of hydrogen-bond acceptors (Lipinski definition) is 3. The number of thiocarbonyl (C=S) groups is 1. The maximum atomic E-state index is 5.77. The van der Waals surface area contributed by atoms with Crippen molar-refractivity contribution in [3.63, 3.8) is 0 Å². The quantitative estimate of drug-likeness (QED) is 0.710. The lowest BCUT2D eigenvalue weighted by Crippen LogP contribution is -2.40. The van der Waals surface area contributed by atoms with E-state index in [2.05, 4.69) is 47.2 Å². The smallest absolute Gasteiger partial charge is 0.173 e. The first-order chi connectivity index (χ1) is 13.1. The number of furan rings is 1. The first-order valence-electron chi connectivity index (χ1n) is 9.99. The molecule has 0 atom stereocenters. The minimum absolute atomic E-state index is 0.692. The number of rotatable bonds is 6. The predicted molar refractivity (Wildman–Crippen MR) is 116 cm³/mol. The van der Waals surface area contributed by atoms with Gasteiger partial charge in [0.25, 0.3) is 0 Å². The van der Waals surface area contributed by atoms with E-state index >= 15 is 0 Å². The lowest BCUT2D eigenvalue weighted by Gasteiger charge is -2.28. The van der Waals surface area contributed by atoms with Crippen LogP contribution >= 0.6 is 12.2 Å². The van der Waals surface area contributed by atoms with E-state index in [1.807, 2.05) is 12.1 Å². The molecule has 3 rings (SSSR count). The molecule has 1 N–H and O–H groups in total. The summed E-state index contributed by atoms with van der Waals surface area (Å²) in [6.45, 7) is 9.25. The van der Waals surface area contributed by atoms with Crippen LogP contribution in [0.4, 0.5) is 5.69 Å². The van der Waals surface area contributed by atoms with Gasteiger partial charge in [-0.3, -0.25) is 0 Å². The van der Waals surface area contributed by atoms with Crippen molar-refractivity contribution in [2.24, 2.45) is 0 Å². The van der Waals surface area contributed by atoms with Crippen LogP contribution in [0.3, 0.4) is 0 Å². The normalized spacial score (nSPS) is 15.3. The minimum atomic E-state index is 0.692. The number of aryl methyl sites for hydroxylation is 2. The van der Waals surface area contributed by atoms with Gasteiger partial charge in [0.1, 0.15) is 5.76 Å². The molecule has 2 aromatic rings. The summed E-state index contributed by atoms with van der Waals surface area (Å²) >= 11 is 5.77. The van der Waals surface area contributed by atoms with Crippen molar-refractivity contribution < 1.29 is 4.42 Å². The average Bonchev–Trinajstić information content (AvgIpc) is 2.99. The Balaban J connectivity index is 1.65. The van der Waals surface area contributed by atoms with Gasteiger partial charge in [-0.1, -0.05) is 18.9 Å². The van der Waals surface area contributed by atoms with E-state index in [0.29, 0.717) is 6.54 Å². The molecular formula is C22H31N3OS. The topological polar surface area (TPSA) is 31.6 Å². The number of nitrogens with one attached hydrogen (secondary N) is 1. The Morgan fingerprint density at radius 3 is 2.44 bits per heavy atom. The van der Waals surface area contributed by atoms with Crippen LogP contribution in [0.5, 0.6) is 0 Å². The minimum Gasteiger partial charge on any atom is -0.467 e. The molecule has 1 saturated heterocycles. The Hall–Kier alpha value is -1.85. The third-order valence-corrected chi connectivity index (χ3v) is 5.43. The zero-order valence-electron chi connectivity index (χ0n) is 16.5. The van der Waals surface area contributed by atoms with Crippen LogP contribution in [0.2, 0.25) is 0 Å². The number of likely N-dealkylation sites (tertiary alicyclic amines) is 1. The molecule has 1 aliphatic rings. The molecule has 1 aliphatic heterocycles. The maximum Gasteiger partial charge on any atom is 0.173 e. The van der Waals surface area contributed by atoms with Crippen molar-refractivity contribution in [2.75, 3.05) is 31.5 Å². The summed E-state index contributed by atoms with van der Waals surface area (Å²) in [5, 5.41) is 4.19. The molecule has 2 heterocycles. The second-order valence-corrected chi connectivity index (χ2v) is 7.95. The molecule has 4 nitrogen and oxygen atoms in total. The van der Waals surface area contributed by atoms with Gasteiger partial charge in [-0.05, 0) is 87.4 Å². The zero-order chi connectivity index (χ0) is 19.1. The maximum absolute atomic E-state index is 5.77. The molecule has 5 heteroatoms. The molecule has 1 aromatic heterocycles. The highest BCUT2D eigenvalue weighted by atomic mass is 32.1. The highest BCUT2D eigenvalue weighted by Crippen LogP contribution is 2.16. The largest absolute Gasteiger partial charge is 0.467 e. The van der Waals surface area contributed by atoms with Crippen molar-refractivity contribution in [3.8, 4) is 0 Å². The van der Waals surface area contributed by atoms with Gasteiger partial charge in [-0.15, -0.1) is 0 Å². The van der Waals surface area contributed by atoms with E-state index in [1.54, 1.807) is 6.26 Å². The van der Waals surface area contributed by atoms with Crippen molar-refractivity contribution in [3.05, 3.63) is 53.5 Å². The van der Waals surface area contributed by atoms with Gasteiger partial charge in [-0.2, -0.15) is 0 Å².